The van der Waals surface area contributed by atoms with E-state index in [1.165, 1.54) is 5.56 Å². The van der Waals surface area contributed by atoms with Gasteiger partial charge >= 0.3 is 0 Å². The monoisotopic (exact) mass is 355 g/mol. The molecule has 0 bridgehead atoms. The van der Waals surface area contributed by atoms with E-state index < -0.39 is 11.8 Å². The lowest BCUT2D eigenvalue weighted by molar-refractivity contribution is -0.113. The molecule has 26 heavy (non-hydrogen) atoms. The van der Waals surface area contributed by atoms with Gasteiger partial charge in [0.05, 0.1) is 5.60 Å². The van der Waals surface area contributed by atoms with Gasteiger partial charge < -0.3 is 15.3 Å². The van der Waals surface area contributed by atoms with E-state index in [4.69, 9.17) is 0 Å². The SMILES string of the molecule is Cc1ccc(CC2(O)CCNC(O)C2CCCc2ccc(O)cc2)cc1. The van der Waals surface area contributed by atoms with Crippen molar-refractivity contribution < 1.29 is 15.3 Å². The minimum atomic E-state index is -0.894. The van der Waals surface area contributed by atoms with Crippen LogP contribution in [0.3, 0.4) is 0 Å². The first-order valence-corrected chi connectivity index (χ1v) is 9.43. The number of hydrogen-bond acceptors (Lipinski definition) is 4. The van der Waals surface area contributed by atoms with Crippen LogP contribution < -0.4 is 5.32 Å². The van der Waals surface area contributed by atoms with E-state index in [9.17, 15) is 15.3 Å². The van der Waals surface area contributed by atoms with Crippen LogP contribution >= 0.6 is 0 Å². The number of benzene rings is 2. The Morgan fingerprint density at radius 2 is 1.69 bits per heavy atom. The summed E-state index contributed by atoms with van der Waals surface area (Å²) >= 11 is 0. The minimum Gasteiger partial charge on any atom is -0.508 e. The standard InChI is InChI=1S/C22H29NO3/c1-16-5-7-18(8-6-16)15-22(26)13-14-23-21(25)20(22)4-2-3-17-9-11-19(24)12-10-17/h5-12,20-21,23-26H,2-4,13-15H2,1H3. The van der Waals surface area contributed by atoms with Crippen LogP contribution in [0.2, 0.25) is 0 Å². The van der Waals surface area contributed by atoms with Crippen molar-refractivity contribution in [2.75, 3.05) is 6.54 Å². The summed E-state index contributed by atoms with van der Waals surface area (Å²) in [6.07, 6.45) is 3.02. The van der Waals surface area contributed by atoms with Crippen LogP contribution in [0.5, 0.6) is 5.75 Å². The van der Waals surface area contributed by atoms with E-state index >= 15 is 0 Å². The molecule has 4 N–H and O–H groups in total. The van der Waals surface area contributed by atoms with E-state index in [-0.39, 0.29) is 11.7 Å². The zero-order chi connectivity index (χ0) is 18.6. The Kier molecular flexibility index (Phi) is 5.97. The molecular formula is C22H29NO3. The van der Waals surface area contributed by atoms with Crippen LogP contribution in [-0.4, -0.2) is 33.7 Å². The summed E-state index contributed by atoms with van der Waals surface area (Å²) < 4.78 is 0. The van der Waals surface area contributed by atoms with Crippen molar-refractivity contribution in [3.8, 4) is 5.75 Å². The van der Waals surface area contributed by atoms with E-state index in [2.05, 4.69) is 36.5 Å². The summed E-state index contributed by atoms with van der Waals surface area (Å²) in [6.45, 7) is 2.68. The van der Waals surface area contributed by atoms with Crippen molar-refractivity contribution in [2.24, 2.45) is 5.92 Å². The lowest BCUT2D eigenvalue weighted by atomic mass is 9.74. The molecular weight excluding hydrogens is 326 g/mol. The Hall–Kier alpha value is -1.88. The fraction of sp³-hybridized carbons (Fsp3) is 0.455. The maximum atomic E-state index is 11.3. The zero-order valence-corrected chi connectivity index (χ0v) is 15.4. The summed E-state index contributed by atoms with van der Waals surface area (Å²) in [6, 6.07) is 15.5. The Balaban J connectivity index is 1.65. The smallest absolute Gasteiger partial charge is 0.115 e. The third-order valence-corrected chi connectivity index (χ3v) is 5.53. The van der Waals surface area contributed by atoms with Gasteiger partial charge in [0.15, 0.2) is 0 Å². The molecule has 4 heteroatoms. The van der Waals surface area contributed by atoms with Crippen LogP contribution in [0.4, 0.5) is 0 Å². The maximum Gasteiger partial charge on any atom is 0.115 e. The predicted octanol–water partition coefficient (Wildman–Crippen LogP) is 2.93. The summed E-state index contributed by atoms with van der Waals surface area (Å²) in [4.78, 5) is 0. The number of aliphatic hydroxyl groups is 2. The number of piperidine rings is 1. The second-order valence-corrected chi connectivity index (χ2v) is 7.58. The van der Waals surface area contributed by atoms with Gasteiger partial charge in [-0.3, -0.25) is 5.32 Å². The molecule has 140 valence electrons. The molecule has 0 aromatic heterocycles. The Morgan fingerprint density at radius 1 is 1.04 bits per heavy atom. The number of phenolic OH excluding ortho intramolecular Hbond substituents is 1. The van der Waals surface area contributed by atoms with Gasteiger partial charge in [0.2, 0.25) is 0 Å². The van der Waals surface area contributed by atoms with Gasteiger partial charge in [0.25, 0.3) is 0 Å². The lowest BCUT2D eigenvalue weighted by Gasteiger charge is -2.43. The normalized spacial score (nSPS) is 26.0. The van der Waals surface area contributed by atoms with Crippen LogP contribution in [0.25, 0.3) is 0 Å². The minimum absolute atomic E-state index is 0.199. The Bertz CT molecular complexity index is 698. The highest BCUT2D eigenvalue weighted by Crippen LogP contribution is 2.34. The molecule has 1 aliphatic heterocycles. The van der Waals surface area contributed by atoms with Crippen molar-refractivity contribution >= 4 is 0 Å². The molecule has 1 fully saturated rings. The number of phenols is 1. The Morgan fingerprint density at radius 3 is 2.38 bits per heavy atom. The fourth-order valence-corrected chi connectivity index (χ4v) is 3.95. The molecule has 3 rings (SSSR count). The average Bonchev–Trinajstić information content (AvgIpc) is 2.61. The number of aryl methyl sites for hydroxylation is 2. The zero-order valence-electron chi connectivity index (χ0n) is 15.4. The predicted molar refractivity (Wildman–Crippen MR) is 103 cm³/mol. The number of hydrogen-bond donors (Lipinski definition) is 4. The van der Waals surface area contributed by atoms with Crippen molar-refractivity contribution in [1.29, 1.82) is 0 Å². The molecule has 1 aliphatic rings. The van der Waals surface area contributed by atoms with Gasteiger partial charge in [-0.1, -0.05) is 42.0 Å². The van der Waals surface area contributed by atoms with Gasteiger partial charge in [-0.25, -0.2) is 0 Å². The summed E-state index contributed by atoms with van der Waals surface area (Å²) in [5, 5.41) is 34.3. The van der Waals surface area contributed by atoms with Crippen LogP contribution in [0.1, 0.15) is 36.0 Å². The molecule has 3 unspecified atom stereocenters. The second kappa shape index (κ2) is 8.21. The highest BCUT2D eigenvalue weighted by Gasteiger charge is 2.43. The lowest BCUT2D eigenvalue weighted by Crippen LogP contribution is -2.57. The van der Waals surface area contributed by atoms with E-state index in [0.29, 0.717) is 19.4 Å². The molecule has 0 saturated carbocycles. The van der Waals surface area contributed by atoms with Gasteiger partial charge in [0, 0.05) is 18.9 Å². The topological polar surface area (TPSA) is 72.7 Å². The van der Waals surface area contributed by atoms with E-state index in [1.54, 1.807) is 12.1 Å². The fourth-order valence-electron chi connectivity index (χ4n) is 3.95. The number of aliphatic hydroxyl groups excluding tert-OH is 1. The molecule has 1 saturated heterocycles. The average molecular weight is 355 g/mol. The Labute approximate surface area is 155 Å². The molecule has 4 nitrogen and oxygen atoms in total. The third kappa shape index (κ3) is 4.64. The highest BCUT2D eigenvalue weighted by atomic mass is 16.3. The molecule has 0 aliphatic carbocycles. The molecule has 2 aromatic rings. The number of rotatable bonds is 6. The highest BCUT2D eigenvalue weighted by molar-refractivity contribution is 5.26. The maximum absolute atomic E-state index is 11.3. The van der Waals surface area contributed by atoms with Crippen LogP contribution in [0.15, 0.2) is 48.5 Å². The van der Waals surface area contributed by atoms with Crippen molar-refractivity contribution in [1.82, 2.24) is 5.32 Å². The molecule has 2 aromatic carbocycles. The molecule has 0 amide bonds. The molecule has 0 spiro atoms. The first-order chi connectivity index (χ1) is 12.5. The first-order valence-electron chi connectivity index (χ1n) is 9.43. The van der Waals surface area contributed by atoms with Crippen LogP contribution in [0, 0.1) is 12.8 Å². The quantitative estimate of drug-likeness (QED) is 0.643. The van der Waals surface area contributed by atoms with Gasteiger partial charge in [0.1, 0.15) is 12.0 Å². The molecule has 1 heterocycles. The second-order valence-electron chi connectivity index (χ2n) is 7.58. The molecule has 3 atom stereocenters. The van der Waals surface area contributed by atoms with Crippen molar-refractivity contribution in [3.63, 3.8) is 0 Å². The number of aromatic hydroxyl groups is 1. The van der Waals surface area contributed by atoms with Gasteiger partial charge in [-0.15, -0.1) is 0 Å². The van der Waals surface area contributed by atoms with E-state index in [1.807, 2.05) is 12.1 Å². The van der Waals surface area contributed by atoms with Crippen molar-refractivity contribution in [3.05, 3.63) is 65.2 Å². The first kappa shape index (κ1) is 18.9. The van der Waals surface area contributed by atoms with E-state index in [0.717, 1.165) is 30.4 Å². The number of nitrogens with one attached hydrogen (secondary N) is 1. The third-order valence-electron chi connectivity index (χ3n) is 5.53. The van der Waals surface area contributed by atoms with Gasteiger partial charge in [-0.2, -0.15) is 0 Å². The largest absolute Gasteiger partial charge is 0.508 e. The summed E-state index contributed by atoms with van der Waals surface area (Å²) in [5.74, 6) is 0.0720. The summed E-state index contributed by atoms with van der Waals surface area (Å²) in [7, 11) is 0. The molecule has 0 radical (unpaired) electrons. The van der Waals surface area contributed by atoms with Gasteiger partial charge in [-0.05, 0) is 55.9 Å². The summed E-state index contributed by atoms with van der Waals surface area (Å²) in [5.41, 5.74) is 2.57. The van der Waals surface area contributed by atoms with Crippen molar-refractivity contribution in [2.45, 2.75) is 50.9 Å². The van der Waals surface area contributed by atoms with Crippen LogP contribution in [-0.2, 0) is 12.8 Å².